The van der Waals surface area contributed by atoms with Gasteiger partial charge >= 0.3 is 0 Å². The third kappa shape index (κ3) is 2.65. The van der Waals surface area contributed by atoms with Crippen molar-refractivity contribution < 1.29 is 19.0 Å². The van der Waals surface area contributed by atoms with Crippen LogP contribution in [0, 0.1) is 5.82 Å². The molecule has 126 valence electrons. The molecule has 0 fully saturated rings. The Morgan fingerprint density at radius 1 is 1.25 bits per heavy atom. The average molecular weight is 329 g/mol. The fourth-order valence-electron chi connectivity index (χ4n) is 3.12. The molecule has 0 amide bonds. The normalized spacial score (nSPS) is 15.6. The van der Waals surface area contributed by atoms with Crippen LogP contribution in [0.4, 0.5) is 10.1 Å². The summed E-state index contributed by atoms with van der Waals surface area (Å²) in [7, 11) is 1.48. The maximum absolute atomic E-state index is 13.5. The largest absolute Gasteiger partial charge is 0.496 e. The fraction of sp³-hybridized carbons (Fsp3) is 0.316. The third-order valence-electron chi connectivity index (χ3n) is 4.52. The van der Waals surface area contributed by atoms with E-state index in [9.17, 15) is 14.3 Å². The number of fused-ring (bicyclic) bond motifs is 1. The van der Waals surface area contributed by atoms with Gasteiger partial charge < -0.3 is 15.2 Å². The Kier molecular flexibility index (Phi) is 4.05. The van der Waals surface area contributed by atoms with E-state index in [1.54, 1.807) is 6.07 Å². The average Bonchev–Trinajstić information content (AvgIpc) is 2.55. The fourth-order valence-corrected chi connectivity index (χ4v) is 3.12. The number of Topliss-reactive ketones (excluding diaryl/α,β-unsaturated/α-hetero) is 1. The van der Waals surface area contributed by atoms with E-state index in [1.807, 2.05) is 26.0 Å². The topological polar surface area (TPSA) is 58.6 Å². The minimum atomic E-state index is -0.630. The van der Waals surface area contributed by atoms with Crippen LogP contribution in [0.25, 0.3) is 11.1 Å². The molecule has 24 heavy (non-hydrogen) atoms. The molecule has 5 heteroatoms. The Morgan fingerprint density at radius 2 is 1.96 bits per heavy atom. The molecule has 4 nitrogen and oxygen atoms in total. The van der Waals surface area contributed by atoms with Gasteiger partial charge in [-0.1, -0.05) is 6.07 Å². The molecule has 0 radical (unpaired) electrons. The highest BCUT2D eigenvalue weighted by Crippen LogP contribution is 2.39. The minimum Gasteiger partial charge on any atom is -0.496 e. The molecule has 0 aromatic heterocycles. The van der Waals surface area contributed by atoms with Crippen LogP contribution in [0.1, 0.15) is 25.0 Å². The number of rotatable bonds is 3. The summed E-state index contributed by atoms with van der Waals surface area (Å²) in [4.78, 5) is 12.3. The van der Waals surface area contributed by atoms with E-state index in [4.69, 9.17) is 4.74 Å². The molecule has 0 atom stereocenters. The standard InChI is InChI=1S/C19H20FNO3/c1-19(2)18(23)9-14-15(10-22)12(6-7-16(14)21-19)13-5-4-11(20)8-17(13)24-3/h4-8,21-22H,9-10H2,1-3H3. The molecular weight excluding hydrogens is 309 g/mol. The molecule has 0 spiro atoms. The van der Waals surface area contributed by atoms with Crippen molar-refractivity contribution in [2.75, 3.05) is 12.4 Å². The number of halogens is 1. The first-order valence-electron chi connectivity index (χ1n) is 7.78. The highest BCUT2D eigenvalue weighted by Gasteiger charge is 2.34. The van der Waals surface area contributed by atoms with Crippen molar-refractivity contribution in [2.45, 2.75) is 32.4 Å². The maximum Gasteiger partial charge on any atom is 0.162 e. The van der Waals surface area contributed by atoms with Gasteiger partial charge in [0, 0.05) is 23.7 Å². The molecular formula is C19H20FNO3. The third-order valence-corrected chi connectivity index (χ3v) is 4.52. The van der Waals surface area contributed by atoms with Crippen LogP contribution in [0.5, 0.6) is 5.75 Å². The van der Waals surface area contributed by atoms with Crippen molar-refractivity contribution in [2.24, 2.45) is 0 Å². The number of aliphatic hydroxyl groups excluding tert-OH is 1. The molecule has 0 saturated carbocycles. The number of ether oxygens (including phenoxy) is 1. The van der Waals surface area contributed by atoms with Gasteiger partial charge in [-0.3, -0.25) is 4.79 Å². The zero-order valence-corrected chi connectivity index (χ0v) is 13.9. The number of aliphatic hydroxyl groups is 1. The second kappa shape index (κ2) is 5.91. The Balaban J connectivity index is 2.19. The number of ketones is 1. The lowest BCUT2D eigenvalue weighted by atomic mass is 9.83. The van der Waals surface area contributed by atoms with Crippen LogP contribution < -0.4 is 10.1 Å². The number of hydrogen-bond donors (Lipinski definition) is 2. The zero-order chi connectivity index (χ0) is 17.5. The van der Waals surface area contributed by atoms with E-state index >= 15 is 0 Å². The second-order valence-electron chi connectivity index (χ2n) is 6.47. The first-order valence-corrected chi connectivity index (χ1v) is 7.78. The molecule has 1 heterocycles. The van der Waals surface area contributed by atoms with Gasteiger partial charge in [0.2, 0.25) is 0 Å². The van der Waals surface area contributed by atoms with E-state index in [2.05, 4.69) is 5.32 Å². The number of benzene rings is 2. The summed E-state index contributed by atoms with van der Waals surface area (Å²) in [5.74, 6) is 0.0608. The Hall–Kier alpha value is -2.40. The van der Waals surface area contributed by atoms with Gasteiger partial charge in [0.25, 0.3) is 0 Å². The van der Waals surface area contributed by atoms with Gasteiger partial charge in [0.15, 0.2) is 5.78 Å². The molecule has 1 aliphatic heterocycles. The van der Waals surface area contributed by atoms with Crippen LogP contribution in [0.3, 0.4) is 0 Å². The molecule has 0 unspecified atom stereocenters. The highest BCUT2D eigenvalue weighted by molar-refractivity contribution is 5.97. The summed E-state index contributed by atoms with van der Waals surface area (Å²) in [5, 5.41) is 13.1. The summed E-state index contributed by atoms with van der Waals surface area (Å²) in [6, 6.07) is 8.03. The van der Waals surface area contributed by atoms with Gasteiger partial charge in [0.05, 0.1) is 19.3 Å². The van der Waals surface area contributed by atoms with Crippen molar-refractivity contribution in [1.82, 2.24) is 0 Å². The first kappa shape index (κ1) is 16.5. The number of anilines is 1. The van der Waals surface area contributed by atoms with Crippen molar-refractivity contribution in [3.05, 3.63) is 47.3 Å². The Morgan fingerprint density at radius 3 is 2.62 bits per heavy atom. The highest BCUT2D eigenvalue weighted by atomic mass is 19.1. The number of methoxy groups -OCH3 is 1. The molecule has 3 rings (SSSR count). The number of nitrogens with one attached hydrogen (secondary N) is 1. The lowest BCUT2D eigenvalue weighted by molar-refractivity contribution is -0.122. The van der Waals surface area contributed by atoms with Crippen molar-refractivity contribution >= 4 is 11.5 Å². The molecule has 1 aliphatic rings. The number of hydrogen-bond acceptors (Lipinski definition) is 4. The lowest BCUT2D eigenvalue weighted by Gasteiger charge is -2.34. The molecule has 2 aromatic rings. The van der Waals surface area contributed by atoms with E-state index in [0.717, 1.165) is 16.8 Å². The zero-order valence-electron chi connectivity index (χ0n) is 13.9. The first-order chi connectivity index (χ1) is 11.4. The minimum absolute atomic E-state index is 0.0629. The van der Waals surface area contributed by atoms with Crippen LogP contribution in [0.15, 0.2) is 30.3 Å². The molecule has 2 N–H and O–H groups in total. The lowest BCUT2D eigenvalue weighted by Crippen LogP contribution is -2.45. The number of carbonyl (C=O) groups is 1. The van der Waals surface area contributed by atoms with Crippen molar-refractivity contribution in [3.63, 3.8) is 0 Å². The van der Waals surface area contributed by atoms with Crippen LogP contribution >= 0.6 is 0 Å². The van der Waals surface area contributed by atoms with Crippen LogP contribution in [-0.4, -0.2) is 23.5 Å². The smallest absolute Gasteiger partial charge is 0.162 e. The van der Waals surface area contributed by atoms with E-state index in [-0.39, 0.29) is 18.8 Å². The van der Waals surface area contributed by atoms with Crippen LogP contribution in [-0.2, 0) is 17.8 Å². The van der Waals surface area contributed by atoms with Crippen molar-refractivity contribution in [3.8, 4) is 16.9 Å². The van der Waals surface area contributed by atoms with E-state index in [1.165, 1.54) is 19.2 Å². The number of carbonyl (C=O) groups excluding carboxylic acids is 1. The summed E-state index contributed by atoms with van der Waals surface area (Å²) < 4.78 is 18.7. The van der Waals surface area contributed by atoms with Gasteiger partial charge in [-0.2, -0.15) is 0 Å². The maximum atomic E-state index is 13.5. The van der Waals surface area contributed by atoms with Crippen LogP contribution in [0.2, 0.25) is 0 Å². The van der Waals surface area contributed by atoms with E-state index < -0.39 is 11.4 Å². The summed E-state index contributed by atoms with van der Waals surface area (Å²) in [6.45, 7) is 3.47. The molecule has 0 aliphatic carbocycles. The summed E-state index contributed by atoms with van der Waals surface area (Å²) in [6.07, 6.45) is 0.253. The quantitative estimate of drug-likeness (QED) is 0.907. The van der Waals surface area contributed by atoms with Gasteiger partial charge in [0.1, 0.15) is 11.6 Å². The molecule has 0 saturated heterocycles. The summed E-state index contributed by atoms with van der Waals surface area (Å²) in [5.41, 5.74) is 3.08. The Bertz CT molecular complexity index is 814. The Labute approximate surface area is 140 Å². The second-order valence-corrected chi connectivity index (χ2v) is 6.47. The SMILES string of the molecule is COc1cc(F)ccc1-c1ccc2c(c1CO)CC(=O)C(C)(C)N2. The van der Waals surface area contributed by atoms with Gasteiger partial charge in [-0.25, -0.2) is 4.39 Å². The monoisotopic (exact) mass is 329 g/mol. The summed E-state index contributed by atoms with van der Waals surface area (Å²) >= 11 is 0. The van der Waals surface area contributed by atoms with E-state index in [0.29, 0.717) is 16.9 Å². The predicted molar refractivity (Wildman–Crippen MR) is 90.7 cm³/mol. The molecule has 0 bridgehead atoms. The molecule has 2 aromatic carbocycles. The van der Waals surface area contributed by atoms with Crippen molar-refractivity contribution in [1.29, 1.82) is 0 Å². The van der Waals surface area contributed by atoms with Gasteiger partial charge in [-0.15, -0.1) is 0 Å². The predicted octanol–water partition coefficient (Wildman–Crippen LogP) is 3.31. The van der Waals surface area contributed by atoms with Gasteiger partial charge in [-0.05, 0) is 48.7 Å².